The van der Waals surface area contributed by atoms with E-state index in [0.29, 0.717) is 37.9 Å². The van der Waals surface area contributed by atoms with Crippen molar-refractivity contribution in [2.45, 2.75) is 172 Å². The van der Waals surface area contributed by atoms with E-state index in [0.717, 1.165) is 50.5 Å². The molecule has 2 unspecified atom stereocenters. The summed E-state index contributed by atoms with van der Waals surface area (Å²) in [6.45, 7) is 5.77. The molecular formula is C42H62O11. The molecule has 1 aromatic carbocycles. The zero-order valence-corrected chi connectivity index (χ0v) is 31.9. The van der Waals surface area contributed by atoms with Crippen molar-refractivity contribution in [3.8, 4) is 0 Å². The Morgan fingerprint density at radius 3 is 2.43 bits per heavy atom. The zero-order chi connectivity index (χ0) is 37.8. The number of benzene rings is 1. The number of unbranched alkanes of at least 4 members (excludes halogenated alkanes) is 4. The molecule has 5 rings (SSSR count). The summed E-state index contributed by atoms with van der Waals surface area (Å²) < 4.78 is 37.2. The van der Waals surface area contributed by atoms with E-state index >= 15 is 0 Å². The third-order valence-electron chi connectivity index (χ3n) is 11.0. The molecule has 11 nitrogen and oxygen atoms in total. The minimum atomic E-state index is -2.09. The highest BCUT2D eigenvalue weighted by molar-refractivity contribution is 5.71. The molecule has 53 heavy (non-hydrogen) atoms. The summed E-state index contributed by atoms with van der Waals surface area (Å²) in [4.78, 5) is 26.5. The van der Waals surface area contributed by atoms with E-state index in [-0.39, 0.29) is 44.0 Å². The summed E-state index contributed by atoms with van der Waals surface area (Å²) in [6.07, 6.45) is 9.98. The van der Waals surface area contributed by atoms with Gasteiger partial charge in [0.2, 0.25) is 5.79 Å². The maximum atomic E-state index is 13.5. The first-order valence-corrected chi connectivity index (χ1v) is 19.9. The fourth-order valence-corrected chi connectivity index (χ4v) is 7.93. The fourth-order valence-electron chi connectivity index (χ4n) is 7.93. The summed E-state index contributed by atoms with van der Waals surface area (Å²) in [5, 5.41) is 34.1. The number of esters is 2. The first-order chi connectivity index (χ1) is 25.5. The minimum Gasteiger partial charge on any atom is -0.460 e. The van der Waals surface area contributed by atoms with Crippen molar-refractivity contribution >= 4 is 18.0 Å². The van der Waals surface area contributed by atoms with Crippen molar-refractivity contribution in [3.63, 3.8) is 0 Å². The molecule has 0 spiro atoms. The maximum absolute atomic E-state index is 13.5. The molecule has 0 aromatic heterocycles. The molecule has 6 bridgehead atoms. The first kappa shape index (κ1) is 41.5. The third-order valence-corrected chi connectivity index (χ3v) is 11.0. The van der Waals surface area contributed by atoms with Crippen LogP contribution in [0.1, 0.15) is 123 Å². The Hall–Kier alpha value is -2.64. The highest BCUT2D eigenvalue weighted by Gasteiger charge is 2.57. The van der Waals surface area contributed by atoms with Crippen LogP contribution in [0.25, 0.3) is 6.08 Å². The zero-order valence-electron chi connectivity index (χ0n) is 31.9. The number of carbonyl (C=O) groups is 2. The van der Waals surface area contributed by atoms with Gasteiger partial charge in [0.15, 0.2) is 12.4 Å². The molecule has 0 amide bonds. The van der Waals surface area contributed by atoms with Crippen LogP contribution in [-0.2, 0) is 38.0 Å². The smallest absolute Gasteiger partial charge is 0.308 e. The Balaban J connectivity index is 1.49. The molecule has 1 aromatic rings. The van der Waals surface area contributed by atoms with Crippen molar-refractivity contribution in [1.29, 1.82) is 0 Å². The Labute approximate surface area is 315 Å². The van der Waals surface area contributed by atoms with Gasteiger partial charge in [-0.2, -0.15) is 0 Å². The molecule has 0 saturated carbocycles. The van der Waals surface area contributed by atoms with E-state index in [1.165, 1.54) is 0 Å². The Morgan fingerprint density at radius 2 is 1.68 bits per heavy atom. The average Bonchev–Trinajstić information content (AvgIpc) is 3.12. The van der Waals surface area contributed by atoms with Gasteiger partial charge in [0.1, 0.15) is 6.10 Å². The number of fused-ring (bicyclic) bond motifs is 6. The number of aliphatic hydroxyl groups is 3. The van der Waals surface area contributed by atoms with Gasteiger partial charge in [-0.25, -0.2) is 0 Å². The standard InChI is InChI=1S/C42H62O11/c1-4-5-6-7-11-17-37(45)52-40-30(22-29-13-9-8-10-14-29)23-35-27-36(28-43)50-38(46)25-31(44)24-32-15-12-16-33(49-32)26-34-19-21-48-39(51-34)18-20-41(2,3)42(40,47)53-35/h8-10,13-14,18,20,22,31-36,39-40,43-44,47H,4-7,11-12,15-17,19,21,23-28H2,1-3H3/b20-18+,30-22+/t31-,32+,33-,34+,35?,36?,39+,40+,42-/m1/s1. The molecule has 9 atom stereocenters. The lowest BCUT2D eigenvalue weighted by atomic mass is 9.74. The van der Waals surface area contributed by atoms with Gasteiger partial charge in [-0.3, -0.25) is 9.59 Å². The van der Waals surface area contributed by atoms with Crippen molar-refractivity contribution in [3.05, 3.63) is 53.6 Å². The van der Waals surface area contributed by atoms with Gasteiger partial charge >= 0.3 is 11.9 Å². The number of aliphatic hydroxyl groups excluding tert-OH is 2. The highest BCUT2D eigenvalue weighted by Crippen LogP contribution is 2.47. The molecule has 0 aliphatic carbocycles. The van der Waals surface area contributed by atoms with Crippen molar-refractivity contribution in [1.82, 2.24) is 0 Å². The van der Waals surface area contributed by atoms with Crippen LogP contribution in [0.5, 0.6) is 0 Å². The maximum Gasteiger partial charge on any atom is 0.308 e. The quantitative estimate of drug-likeness (QED) is 0.148. The molecule has 0 radical (unpaired) electrons. The Morgan fingerprint density at radius 1 is 0.943 bits per heavy atom. The van der Waals surface area contributed by atoms with Gasteiger partial charge in [-0.1, -0.05) is 88.9 Å². The third kappa shape index (κ3) is 11.9. The van der Waals surface area contributed by atoms with E-state index in [9.17, 15) is 24.9 Å². The second-order valence-electron chi connectivity index (χ2n) is 15.8. The molecule has 4 heterocycles. The van der Waals surface area contributed by atoms with Crippen LogP contribution in [0.3, 0.4) is 0 Å². The predicted octanol–water partition coefficient (Wildman–Crippen LogP) is 6.31. The first-order valence-electron chi connectivity index (χ1n) is 19.9. The van der Waals surface area contributed by atoms with Gasteiger partial charge in [-0.15, -0.1) is 0 Å². The minimum absolute atomic E-state index is 0.0494. The SMILES string of the molecule is CCCCCCCC(=O)O[C@H]1/C(=C/c2ccccc2)CC2CC(CO)OC(=O)C[C@H](O)C[C@@H]3CCC[C@H](C[C@@H]4CCO[C@H](/C=C/C(C)(C)[C@]1(O)O2)O4)O3. The second-order valence-corrected chi connectivity index (χ2v) is 15.8. The summed E-state index contributed by atoms with van der Waals surface area (Å²) in [5.74, 6) is -3.16. The largest absolute Gasteiger partial charge is 0.460 e. The highest BCUT2D eigenvalue weighted by atomic mass is 16.7. The number of hydrogen-bond donors (Lipinski definition) is 3. The number of carbonyl (C=O) groups excluding carboxylic acids is 2. The molecule has 11 heteroatoms. The van der Waals surface area contributed by atoms with Gasteiger partial charge in [0.05, 0.1) is 50.2 Å². The van der Waals surface area contributed by atoms with Crippen LogP contribution in [0, 0.1) is 5.41 Å². The molecule has 3 N–H and O–H groups in total. The number of hydrogen-bond acceptors (Lipinski definition) is 11. The van der Waals surface area contributed by atoms with Crippen molar-refractivity contribution in [2.24, 2.45) is 5.41 Å². The van der Waals surface area contributed by atoms with Gasteiger partial charge in [-0.05, 0) is 62.2 Å². The molecule has 4 aliphatic rings. The van der Waals surface area contributed by atoms with E-state index in [2.05, 4.69) is 6.92 Å². The topological polar surface area (TPSA) is 150 Å². The second kappa shape index (κ2) is 19.8. The van der Waals surface area contributed by atoms with E-state index in [1.807, 2.05) is 50.3 Å². The fraction of sp³-hybridized carbons (Fsp3) is 0.714. The average molecular weight is 743 g/mol. The molecule has 296 valence electrons. The van der Waals surface area contributed by atoms with E-state index < -0.39 is 60.5 Å². The van der Waals surface area contributed by atoms with E-state index in [1.54, 1.807) is 12.2 Å². The van der Waals surface area contributed by atoms with Crippen LogP contribution in [0.4, 0.5) is 0 Å². The van der Waals surface area contributed by atoms with Crippen molar-refractivity contribution in [2.75, 3.05) is 13.2 Å². The normalized spacial score (nSPS) is 35.5. The van der Waals surface area contributed by atoms with Crippen LogP contribution in [-0.4, -0.2) is 95.3 Å². The number of rotatable bonds is 9. The van der Waals surface area contributed by atoms with Crippen LogP contribution < -0.4 is 0 Å². The van der Waals surface area contributed by atoms with Crippen molar-refractivity contribution < 1.29 is 53.3 Å². The predicted molar refractivity (Wildman–Crippen MR) is 198 cm³/mol. The van der Waals surface area contributed by atoms with Gasteiger partial charge in [0, 0.05) is 24.7 Å². The Kier molecular flexibility index (Phi) is 15.5. The Bertz CT molecular complexity index is 1360. The number of cyclic esters (lactones) is 1. The molecule has 3 fully saturated rings. The van der Waals surface area contributed by atoms with E-state index in [4.69, 9.17) is 28.4 Å². The lowest BCUT2D eigenvalue weighted by Crippen LogP contribution is -2.62. The van der Waals surface area contributed by atoms with Gasteiger partial charge in [0.25, 0.3) is 0 Å². The summed E-state index contributed by atoms with van der Waals surface area (Å²) in [6, 6.07) is 9.59. The number of ether oxygens (including phenoxy) is 6. The van der Waals surface area contributed by atoms with Gasteiger partial charge < -0.3 is 43.7 Å². The van der Waals surface area contributed by atoms with Crippen LogP contribution in [0.2, 0.25) is 0 Å². The summed E-state index contributed by atoms with van der Waals surface area (Å²) in [7, 11) is 0. The molecule has 4 aliphatic heterocycles. The molecular weight excluding hydrogens is 680 g/mol. The summed E-state index contributed by atoms with van der Waals surface area (Å²) >= 11 is 0. The molecule has 3 saturated heterocycles. The lowest BCUT2D eigenvalue weighted by molar-refractivity contribution is -0.327. The lowest BCUT2D eigenvalue weighted by Gasteiger charge is -2.51. The van der Waals surface area contributed by atoms with Crippen LogP contribution in [0.15, 0.2) is 48.1 Å². The van der Waals surface area contributed by atoms with Crippen LogP contribution >= 0.6 is 0 Å². The summed E-state index contributed by atoms with van der Waals surface area (Å²) in [5.41, 5.74) is 0.306. The monoisotopic (exact) mass is 742 g/mol.